The van der Waals surface area contributed by atoms with Gasteiger partial charge in [0.1, 0.15) is 0 Å². The Kier molecular flexibility index (Phi) is 1.51. The number of hydrogen-bond donors (Lipinski definition) is 0. The zero-order chi connectivity index (χ0) is 6.81. The van der Waals surface area contributed by atoms with Gasteiger partial charge in [-0.25, -0.2) is 0 Å². The van der Waals surface area contributed by atoms with Gasteiger partial charge in [-0.2, -0.15) is 0 Å². The van der Waals surface area contributed by atoms with E-state index in [0.29, 0.717) is 0 Å². The lowest BCUT2D eigenvalue weighted by Gasteiger charge is -1.73. The van der Waals surface area contributed by atoms with Crippen LogP contribution in [0, 0.1) is 23.7 Å². The van der Waals surface area contributed by atoms with Crippen LogP contribution in [0.4, 0.5) is 0 Å². The molecule has 0 aliphatic heterocycles. The van der Waals surface area contributed by atoms with Crippen LogP contribution < -0.4 is 0 Å². The van der Waals surface area contributed by atoms with Crippen molar-refractivity contribution in [1.29, 1.82) is 0 Å². The third-order valence-corrected chi connectivity index (χ3v) is 1.94. The summed E-state index contributed by atoms with van der Waals surface area (Å²) in [5, 5.41) is 0. The van der Waals surface area contributed by atoms with Gasteiger partial charge in [0.05, 0.1) is 0 Å². The molecule has 0 radical (unpaired) electrons. The van der Waals surface area contributed by atoms with Crippen LogP contribution in [0.5, 0.6) is 0 Å². The maximum Gasteiger partial charge on any atom is 0.0207 e. The molecular formula is C10H12. The van der Waals surface area contributed by atoms with E-state index in [1.54, 1.807) is 0 Å². The summed E-state index contributed by atoms with van der Waals surface area (Å²) in [7, 11) is 0. The molecule has 2 aliphatic rings. The summed E-state index contributed by atoms with van der Waals surface area (Å²) in [6, 6.07) is 0. The van der Waals surface area contributed by atoms with Gasteiger partial charge in [0.2, 0.25) is 0 Å². The summed E-state index contributed by atoms with van der Waals surface area (Å²) in [5.74, 6) is 7.93. The summed E-state index contributed by atoms with van der Waals surface area (Å²) in [6.07, 6.45) is 9.74. The van der Waals surface area contributed by atoms with E-state index < -0.39 is 0 Å². The van der Waals surface area contributed by atoms with Crippen LogP contribution in [-0.2, 0) is 0 Å². The summed E-state index contributed by atoms with van der Waals surface area (Å²) in [6.45, 7) is 0. The van der Waals surface area contributed by atoms with Crippen molar-refractivity contribution in [3.63, 3.8) is 0 Å². The molecule has 10 heavy (non-hydrogen) atoms. The molecular weight excluding hydrogens is 120 g/mol. The smallest absolute Gasteiger partial charge is 0.0207 e. The van der Waals surface area contributed by atoms with Gasteiger partial charge >= 0.3 is 0 Å². The Balaban J connectivity index is 1.74. The lowest BCUT2D eigenvalue weighted by molar-refractivity contribution is 1.12. The highest BCUT2D eigenvalue weighted by atomic mass is 14.2. The van der Waals surface area contributed by atoms with E-state index in [1.807, 2.05) is 6.08 Å². The molecule has 0 amide bonds. The van der Waals surface area contributed by atoms with Crippen molar-refractivity contribution in [2.45, 2.75) is 25.7 Å². The molecule has 2 fully saturated rings. The van der Waals surface area contributed by atoms with Crippen LogP contribution in [0.15, 0.2) is 12.2 Å². The summed E-state index contributed by atoms with van der Waals surface area (Å²) in [5.41, 5.74) is 0. The van der Waals surface area contributed by atoms with Crippen LogP contribution in [-0.4, -0.2) is 0 Å². The Hall–Kier alpha value is -0.700. The number of rotatable bonds is 1. The van der Waals surface area contributed by atoms with Gasteiger partial charge in [-0.1, -0.05) is 17.9 Å². The van der Waals surface area contributed by atoms with E-state index in [0.717, 1.165) is 11.8 Å². The standard InChI is InChI=1S/C10H12/c1(3-9-5-6-9)2-4-10-7-8-10/h1,3,9-10H,5-8H2/b3-1+. The van der Waals surface area contributed by atoms with Gasteiger partial charge in [0, 0.05) is 5.92 Å². The van der Waals surface area contributed by atoms with Crippen LogP contribution in [0.1, 0.15) is 25.7 Å². The number of hydrogen-bond acceptors (Lipinski definition) is 0. The molecule has 52 valence electrons. The van der Waals surface area contributed by atoms with E-state index in [1.165, 1.54) is 25.7 Å². The van der Waals surface area contributed by atoms with E-state index >= 15 is 0 Å². The molecule has 0 atom stereocenters. The molecule has 0 bridgehead atoms. The van der Waals surface area contributed by atoms with Gasteiger partial charge in [0.15, 0.2) is 0 Å². The van der Waals surface area contributed by atoms with Crippen LogP contribution >= 0.6 is 0 Å². The minimum atomic E-state index is 0.754. The molecule has 0 aromatic carbocycles. The summed E-state index contributed by atoms with van der Waals surface area (Å²) < 4.78 is 0. The van der Waals surface area contributed by atoms with Crippen LogP contribution in [0.25, 0.3) is 0 Å². The molecule has 0 heteroatoms. The van der Waals surface area contributed by atoms with Crippen molar-refractivity contribution in [1.82, 2.24) is 0 Å². The maximum atomic E-state index is 3.20. The summed E-state index contributed by atoms with van der Waals surface area (Å²) >= 11 is 0. The number of allylic oxidation sites excluding steroid dienone is 2. The third kappa shape index (κ3) is 1.92. The van der Waals surface area contributed by atoms with Crippen LogP contribution in [0.2, 0.25) is 0 Å². The third-order valence-electron chi connectivity index (χ3n) is 1.94. The van der Waals surface area contributed by atoms with Crippen molar-refractivity contribution in [2.75, 3.05) is 0 Å². The fourth-order valence-electron chi connectivity index (χ4n) is 0.867. The van der Waals surface area contributed by atoms with E-state index in [9.17, 15) is 0 Å². The predicted octanol–water partition coefficient (Wildman–Crippen LogP) is 2.37. The zero-order valence-corrected chi connectivity index (χ0v) is 6.14. The van der Waals surface area contributed by atoms with Gasteiger partial charge in [0.25, 0.3) is 0 Å². The fraction of sp³-hybridized carbons (Fsp3) is 0.600. The first-order valence-corrected chi connectivity index (χ1v) is 4.13. The van der Waals surface area contributed by atoms with Gasteiger partial charge < -0.3 is 0 Å². The molecule has 0 unspecified atom stereocenters. The second kappa shape index (κ2) is 2.50. The minimum Gasteiger partial charge on any atom is -0.0951 e. The highest BCUT2D eigenvalue weighted by Gasteiger charge is 2.18. The van der Waals surface area contributed by atoms with Gasteiger partial charge in [-0.05, 0) is 37.7 Å². The fourth-order valence-corrected chi connectivity index (χ4v) is 0.867. The molecule has 0 N–H and O–H groups in total. The second-order valence-corrected chi connectivity index (χ2v) is 3.26. The maximum absolute atomic E-state index is 3.20. The summed E-state index contributed by atoms with van der Waals surface area (Å²) in [4.78, 5) is 0. The quantitative estimate of drug-likeness (QED) is 0.480. The van der Waals surface area contributed by atoms with E-state index in [2.05, 4.69) is 17.9 Å². The Morgan fingerprint density at radius 3 is 2.50 bits per heavy atom. The highest BCUT2D eigenvalue weighted by Crippen LogP contribution is 2.30. The van der Waals surface area contributed by atoms with E-state index in [4.69, 9.17) is 0 Å². The predicted molar refractivity (Wildman–Crippen MR) is 42.4 cm³/mol. The zero-order valence-electron chi connectivity index (χ0n) is 6.14. The van der Waals surface area contributed by atoms with Crippen molar-refractivity contribution in [2.24, 2.45) is 11.8 Å². The van der Waals surface area contributed by atoms with E-state index in [-0.39, 0.29) is 0 Å². The first-order valence-electron chi connectivity index (χ1n) is 4.13. The lowest BCUT2D eigenvalue weighted by atomic mass is 10.3. The molecule has 2 rings (SSSR count). The molecule has 0 spiro atoms. The first kappa shape index (κ1) is 6.04. The minimum absolute atomic E-state index is 0.754. The molecule has 0 aromatic rings. The highest BCUT2D eigenvalue weighted by molar-refractivity contribution is 5.20. The monoisotopic (exact) mass is 132 g/mol. The van der Waals surface area contributed by atoms with Gasteiger partial charge in [-0.3, -0.25) is 0 Å². The molecule has 0 saturated heterocycles. The van der Waals surface area contributed by atoms with Crippen molar-refractivity contribution in [3.8, 4) is 11.8 Å². The Labute approximate surface area is 62.3 Å². The van der Waals surface area contributed by atoms with Crippen LogP contribution in [0.3, 0.4) is 0 Å². The second-order valence-electron chi connectivity index (χ2n) is 3.26. The average molecular weight is 132 g/mol. The van der Waals surface area contributed by atoms with Crippen molar-refractivity contribution < 1.29 is 0 Å². The molecule has 2 saturated carbocycles. The first-order chi connectivity index (χ1) is 4.95. The largest absolute Gasteiger partial charge is 0.0951 e. The SMILES string of the molecule is C(#CC1CC1)/C=C/C1CC1. The van der Waals surface area contributed by atoms with Crippen molar-refractivity contribution >= 4 is 0 Å². The van der Waals surface area contributed by atoms with Gasteiger partial charge in [-0.15, -0.1) is 0 Å². The molecule has 0 aromatic heterocycles. The Morgan fingerprint density at radius 2 is 1.90 bits per heavy atom. The lowest BCUT2D eigenvalue weighted by Crippen LogP contribution is -1.62. The molecule has 0 nitrogen and oxygen atoms in total. The normalized spacial score (nSPS) is 24.4. The average Bonchev–Trinajstić information content (AvgIpc) is 2.77. The Bertz CT molecular complexity index is 194. The Morgan fingerprint density at radius 1 is 1.10 bits per heavy atom. The molecule has 2 aliphatic carbocycles. The van der Waals surface area contributed by atoms with Crippen molar-refractivity contribution in [3.05, 3.63) is 12.2 Å². The topological polar surface area (TPSA) is 0 Å². The molecule has 0 heterocycles.